The molecule has 0 fully saturated rings. The average molecular weight is 369 g/mol. The van der Waals surface area contributed by atoms with Crippen LogP contribution in [0.3, 0.4) is 0 Å². The van der Waals surface area contributed by atoms with Crippen molar-refractivity contribution in [1.82, 2.24) is 9.55 Å². The van der Waals surface area contributed by atoms with Crippen molar-refractivity contribution in [3.8, 4) is 23.7 Å². The maximum atomic E-state index is 13.2. The van der Waals surface area contributed by atoms with Crippen molar-refractivity contribution in [1.29, 1.82) is 0 Å². The standard InChI is InChI=1S/C20H17ClN2OS/c1-3-10-23-18(13-5-7-14(21)8-6-13)22-19-17(20(23)24)15-9-4-12(2)11-16(15)25-19/h1,5-8,12H,4,9-11H2,2H3. The van der Waals surface area contributed by atoms with Gasteiger partial charge in [-0.15, -0.1) is 17.8 Å². The van der Waals surface area contributed by atoms with Crippen LogP contribution in [0.5, 0.6) is 0 Å². The number of aryl methyl sites for hydroxylation is 1. The highest BCUT2D eigenvalue weighted by atomic mass is 35.5. The van der Waals surface area contributed by atoms with Gasteiger partial charge in [-0.05, 0) is 55.0 Å². The molecule has 1 atom stereocenters. The minimum atomic E-state index is -0.0278. The van der Waals surface area contributed by atoms with Gasteiger partial charge in [0.1, 0.15) is 10.7 Å². The largest absolute Gasteiger partial charge is 0.280 e. The lowest BCUT2D eigenvalue weighted by molar-refractivity contribution is 0.509. The molecule has 0 radical (unpaired) electrons. The molecule has 1 aliphatic carbocycles. The normalized spacial score (nSPS) is 16.6. The molecule has 0 saturated carbocycles. The first-order valence-corrected chi connectivity index (χ1v) is 9.52. The fourth-order valence-electron chi connectivity index (χ4n) is 3.48. The Morgan fingerprint density at radius 3 is 2.88 bits per heavy atom. The van der Waals surface area contributed by atoms with E-state index < -0.39 is 0 Å². The molecule has 126 valence electrons. The number of benzene rings is 1. The van der Waals surface area contributed by atoms with Crippen molar-refractivity contribution in [2.45, 2.75) is 32.7 Å². The third-order valence-electron chi connectivity index (χ3n) is 4.77. The minimum absolute atomic E-state index is 0.0278. The van der Waals surface area contributed by atoms with Crippen LogP contribution in [-0.4, -0.2) is 9.55 Å². The molecule has 2 heterocycles. The van der Waals surface area contributed by atoms with E-state index in [0.717, 1.165) is 35.0 Å². The lowest BCUT2D eigenvalue weighted by Gasteiger charge is -2.17. The number of fused-ring (bicyclic) bond motifs is 3. The van der Waals surface area contributed by atoms with Crippen molar-refractivity contribution < 1.29 is 0 Å². The first-order chi connectivity index (χ1) is 12.1. The van der Waals surface area contributed by atoms with Gasteiger partial charge in [0.05, 0.1) is 11.9 Å². The Bertz CT molecular complexity index is 1060. The van der Waals surface area contributed by atoms with Gasteiger partial charge in [0.2, 0.25) is 0 Å². The smallest absolute Gasteiger partial charge is 0.263 e. The maximum absolute atomic E-state index is 13.2. The van der Waals surface area contributed by atoms with Crippen LogP contribution >= 0.6 is 22.9 Å². The van der Waals surface area contributed by atoms with Gasteiger partial charge in [0.25, 0.3) is 5.56 Å². The Balaban J connectivity index is 2.00. The van der Waals surface area contributed by atoms with Crippen LogP contribution in [0.15, 0.2) is 29.1 Å². The van der Waals surface area contributed by atoms with Crippen LogP contribution in [0.1, 0.15) is 23.8 Å². The lowest BCUT2D eigenvalue weighted by Crippen LogP contribution is -2.23. The molecule has 0 N–H and O–H groups in total. The van der Waals surface area contributed by atoms with E-state index >= 15 is 0 Å². The Labute approximate surface area is 155 Å². The van der Waals surface area contributed by atoms with Crippen molar-refractivity contribution in [2.24, 2.45) is 5.92 Å². The van der Waals surface area contributed by atoms with Gasteiger partial charge < -0.3 is 0 Å². The summed E-state index contributed by atoms with van der Waals surface area (Å²) in [5.74, 6) is 3.86. The summed E-state index contributed by atoms with van der Waals surface area (Å²) in [5, 5.41) is 1.41. The zero-order chi connectivity index (χ0) is 17.6. The first-order valence-electron chi connectivity index (χ1n) is 8.33. The summed E-state index contributed by atoms with van der Waals surface area (Å²) in [4.78, 5) is 20.2. The molecule has 1 aromatic carbocycles. The Morgan fingerprint density at radius 1 is 1.40 bits per heavy atom. The maximum Gasteiger partial charge on any atom is 0.263 e. The molecule has 0 bridgehead atoms. The monoisotopic (exact) mass is 368 g/mol. The van der Waals surface area contributed by atoms with E-state index in [4.69, 9.17) is 23.0 Å². The molecule has 2 aromatic heterocycles. The van der Waals surface area contributed by atoms with Gasteiger partial charge in [0, 0.05) is 15.5 Å². The van der Waals surface area contributed by atoms with Crippen LogP contribution in [-0.2, 0) is 19.4 Å². The molecule has 0 aliphatic heterocycles. The molecule has 25 heavy (non-hydrogen) atoms. The number of nitrogens with zero attached hydrogens (tertiary/aromatic N) is 2. The van der Waals surface area contributed by atoms with E-state index in [2.05, 4.69) is 12.8 Å². The fourth-order valence-corrected chi connectivity index (χ4v) is 4.98. The highest BCUT2D eigenvalue weighted by molar-refractivity contribution is 7.18. The van der Waals surface area contributed by atoms with Crippen molar-refractivity contribution in [3.05, 3.63) is 50.1 Å². The molecular formula is C20H17ClN2OS. The summed E-state index contributed by atoms with van der Waals surface area (Å²) in [6.45, 7) is 2.47. The van der Waals surface area contributed by atoms with Crippen LogP contribution < -0.4 is 5.56 Å². The number of hydrogen-bond acceptors (Lipinski definition) is 3. The Morgan fingerprint density at radius 2 is 2.16 bits per heavy atom. The molecule has 1 unspecified atom stereocenters. The summed E-state index contributed by atoms with van der Waals surface area (Å²) >= 11 is 7.64. The zero-order valence-electron chi connectivity index (χ0n) is 13.9. The number of aromatic nitrogens is 2. The van der Waals surface area contributed by atoms with E-state index in [9.17, 15) is 4.79 Å². The number of rotatable bonds is 2. The van der Waals surface area contributed by atoms with Crippen LogP contribution in [0.4, 0.5) is 0 Å². The van der Waals surface area contributed by atoms with Gasteiger partial charge >= 0.3 is 0 Å². The molecule has 3 aromatic rings. The number of thiophene rings is 1. The fraction of sp³-hybridized carbons (Fsp3) is 0.300. The van der Waals surface area contributed by atoms with E-state index in [1.807, 2.05) is 12.1 Å². The second kappa shape index (κ2) is 6.33. The van der Waals surface area contributed by atoms with E-state index in [0.29, 0.717) is 16.8 Å². The summed E-state index contributed by atoms with van der Waals surface area (Å²) in [6.07, 6.45) is 8.61. The molecular weight excluding hydrogens is 352 g/mol. The average Bonchev–Trinajstić information content (AvgIpc) is 2.95. The van der Waals surface area contributed by atoms with E-state index in [1.54, 1.807) is 28.0 Å². The molecule has 4 rings (SSSR count). The first kappa shape index (κ1) is 16.4. The summed E-state index contributed by atoms with van der Waals surface area (Å²) in [7, 11) is 0. The summed E-state index contributed by atoms with van der Waals surface area (Å²) < 4.78 is 1.61. The van der Waals surface area contributed by atoms with Crippen molar-refractivity contribution in [3.63, 3.8) is 0 Å². The van der Waals surface area contributed by atoms with E-state index in [1.165, 1.54) is 10.4 Å². The lowest BCUT2D eigenvalue weighted by atomic mass is 9.89. The van der Waals surface area contributed by atoms with Crippen LogP contribution in [0, 0.1) is 18.3 Å². The van der Waals surface area contributed by atoms with Gasteiger partial charge in [-0.3, -0.25) is 9.36 Å². The van der Waals surface area contributed by atoms with Gasteiger partial charge in [-0.25, -0.2) is 4.98 Å². The molecule has 0 amide bonds. The topological polar surface area (TPSA) is 34.9 Å². The molecule has 1 aliphatic rings. The van der Waals surface area contributed by atoms with Crippen LogP contribution in [0.25, 0.3) is 21.6 Å². The minimum Gasteiger partial charge on any atom is -0.280 e. The van der Waals surface area contributed by atoms with E-state index in [-0.39, 0.29) is 12.1 Å². The third kappa shape index (κ3) is 2.78. The predicted octanol–water partition coefficient (Wildman–Crippen LogP) is 4.54. The highest BCUT2D eigenvalue weighted by Gasteiger charge is 2.24. The molecule has 3 nitrogen and oxygen atoms in total. The van der Waals surface area contributed by atoms with Gasteiger partial charge in [-0.2, -0.15) is 0 Å². The summed E-state index contributed by atoms with van der Waals surface area (Å²) in [5.41, 5.74) is 2.00. The summed E-state index contributed by atoms with van der Waals surface area (Å²) in [6, 6.07) is 7.35. The Kier molecular flexibility index (Phi) is 4.15. The SMILES string of the molecule is C#CCn1c(-c2ccc(Cl)cc2)nc2sc3c(c2c1=O)CCC(C)C3. The van der Waals surface area contributed by atoms with Crippen molar-refractivity contribution >= 4 is 33.2 Å². The highest BCUT2D eigenvalue weighted by Crippen LogP contribution is 2.36. The Hall–Kier alpha value is -2.09. The number of hydrogen-bond donors (Lipinski definition) is 0. The number of terminal acetylenes is 1. The third-order valence-corrected chi connectivity index (χ3v) is 6.17. The molecule has 5 heteroatoms. The predicted molar refractivity (Wildman–Crippen MR) is 104 cm³/mol. The van der Waals surface area contributed by atoms with Gasteiger partial charge in [0.15, 0.2) is 0 Å². The van der Waals surface area contributed by atoms with Crippen molar-refractivity contribution in [2.75, 3.05) is 0 Å². The molecule has 0 spiro atoms. The quantitative estimate of drug-likeness (QED) is 0.622. The molecule has 0 saturated heterocycles. The second-order valence-corrected chi connectivity index (χ2v) is 8.09. The number of halogens is 1. The zero-order valence-corrected chi connectivity index (χ0v) is 15.5. The van der Waals surface area contributed by atoms with Crippen LogP contribution in [0.2, 0.25) is 5.02 Å². The van der Waals surface area contributed by atoms with Gasteiger partial charge in [-0.1, -0.05) is 24.4 Å². The second-order valence-electron chi connectivity index (χ2n) is 6.57.